The van der Waals surface area contributed by atoms with Crippen LogP contribution in [-0.2, 0) is 20.9 Å². The Kier molecular flexibility index (Phi) is 8.02. The molecule has 1 saturated heterocycles. The fourth-order valence-corrected chi connectivity index (χ4v) is 4.80. The van der Waals surface area contributed by atoms with E-state index in [0.717, 1.165) is 18.4 Å². The number of benzene rings is 3. The number of methoxy groups -OCH3 is 2. The lowest BCUT2D eigenvalue weighted by Crippen LogP contribution is -2.46. The number of ether oxygens (including phenoxy) is 3. The number of hydrogen-bond acceptors (Lipinski definition) is 7. The van der Waals surface area contributed by atoms with Crippen molar-refractivity contribution in [2.24, 2.45) is 0 Å². The largest absolute Gasteiger partial charge is 0.497 e. The molecule has 0 bridgehead atoms. The van der Waals surface area contributed by atoms with Crippen LogP contribution >= 0.6 is 0 Å². The number of nitrogens with one attached hydrogen (secondary N) is 1. The van der Waals surface area contributed by atoms with E-state index in [1.165, 1.54) is 16.7 Å². The summed E-state index contributed by atoms with van der Waals surface area (Å²) in [4.78, 5) is 29.6. The summed E-state index contributed by atoms with van der Waals surface area (Å²) in [5.74, 6) is 0.405. The highest BCUT2D eigenvalue weighted by Crippen LogP contribution is 2.36. The quantitative estimate of drug-likeness (QED) is 0.335. The van der Waals surface area contributed by atoms with Crippen molar-refractivity contribution in [3.63, 3.8) is 0 Å². The Morgan fingerprint density at radius 3 is 2.56 bits per heavy atom. The number of rotatable bonds is 10. The lowest BCUT2D eigenvalue weighted by Gasteiger charge is -2.32. The standard InChI is InChI=1S/C29H31N5O5/c1-37-21-15-13-20(14-16-21)28(29(36)30-18-22-8-7-17-39-22)34(25-11-5-6-12-26(25)38-2)27(35)19-33-24-10-4-3-9-23(24)31-32-33/h3-6,9-16,22,28H,7-8,17-19H2,1-2H3,(H,30,36)/t22-,28-/m1/s1. The summed E-state index contributed by atoms with van der Waals surface area (Å²) >= 11 is 0. The van der Waals surface area contributed by atoms with Crippen molar-refractivity contribution >= 4 is 28.5 Å². The average molecular weight is 530 g/mol. The van der Waals surface area contributed by atoms with Gasteiger partial charge in [0.1, 0.15) is 29.6 Å². The molecule has 2 atom stereocenters. The van der Waals surface area contributed by atoms with Crippen molar-refractivity contribution < 1.29 is 23.8 Å². The van der Waals surface area contributed by atoms with Crippen molar-refractivity contribution in [1.82, 2.24) is 20.3 Å². The minimum absolute atomic E-state index is 0.0533. The van der Waals surface area contributed by atoms with Crippen LogP contribution in [0.25, 0.3) is 11.0 Å². The second-order valence-corrected chi connectivity index (χ2v) is 9.23. The highest BCUT2D eigenvalue weighted by atomic mass is 16.5. The zero-order chi connectivity index (χ0) is 27.2. The lowest BCUT2D eigenvalue weighted by molar-refractivity contribution is -0.127. The topological polar surface area (TPSA) is 108 Å². The molecule has 0 spiro atoms. The number of aromatic nitrogens is 3. The number of carbonyl (C=O) groups is 2. The summed E-state index contributed by atoms with van der Waals surface area (Å²) in [6.45, 7) is 0.900. The summed E-state index contributed by atoms with van der Waals surface area (Å²) in [6.07, 6.45) is 1.78. The molecule has 0 unspecified atom stereocenters. The van der Waals surface area contributed by atoms with Crippen molar-refractivity contribution in [2.75, 3.05) is 32.3 Å². The fourth-order valence-electron chi connectivity index (χ4n) is 4.80. The van der Waals surface area contributed by atoms with Gasteiger partial charge in [0.25, 0.3) is 0 Å². The van der Waals surface area contributed by atoms with Gasteiger partial charge in [-0.05, 0) is 54.8 Å². The predicted octanol–water partition coefficient (Wildman–Crippen LogP) is 3.52. The molecule has 10 heteroatoms. The molecular formula is C29H31N5O5. The van der Waals surface area contributed by atoms with Crippen molar-refractivity contribution in [3.05, 3.63) is 78.4 Å². The van der Waals surface area contributed by atoms with E-state index >= 15 is 0 Å². The van der Waals surface area contributed by atoms with E-state index in [1.807, 2.05) is 30.3 Å². The van der Waals surface area contributed by atoms with Gasteiger partial charge in [0, 0.05) is 13.2 Å². The molecule has 1 fully saturated rings. The van der Waals surface area contributed by atoms with Gasteiger partial charge in [-0.25, -0.2) is 4.68 Å². The molecule has 0 radical (unpaired) electrons. The zero-order valence-corrected chi connectivity index (χ0v) is 21.9. The molecule has 1 aliphatic rings. The average Bonchev–Trinajstić information content (AvgIpc) is 3.65. The molecule has 4 aromatic rings. The van der Waals surface area contributed by atoms with Crippen molar-refractivity contribution in [2.45, 2.75) is 31.5 Å². The molecule has 5 rings (SSSR count). The molecule has 2 amide bonds. The van der Waals surface area contributed by atoms with Crippen LogP contribution in [0, 0.1) is 0 Å². The van der Waals surface area contributed by atoms with E-state index in [1.54, 1.807) is 49.6 Å². The molecule has 0 aliphatic carbocycles. The first-order valence-corrected chi connectivity index (χ1v) is 12.9. The van der Waals surface area contributed by atoms with Gasteiger partial charge in [-0.2, -0.15) is 0 Å². The minimum atomic E-state index is -1.00. The van der Waals surface area contributed by atoms with Crippen LogP contribution in [0.3, 0.4) is 0 Å². The second kappa shape index (κ2) is 12.0. The van der Waals surface area contributed by atoms with Gasteiger partial charge in [-0.1, -0.05) is 41.6 Å². The summed E-state index contributed by atoms with van der Waals surface area (Å²) in [7, 11) is 3.11. The number of para-hydroxylation sites is 3. The molecular weight excluding hydrogens is 498 g/mol. The normalized spacial score (nSPS) is 15.6. The third-order valence-electron chi connectivity index (χ3n) is 6.78. The first-order valence-electron chi connectivity index (χ1n) is 12.9. The van der Waals surface area contributed by atoms with Gasteiger partial charge in [0.15, 0.2) is 0 Å². The Hall–Kier alpha value is -4.44. The summed E-state index contributed by atoms with van der Waals surface area (Å²) in [6, 6.07) is 20.7. The minimum Gasteiger partial charge on any atom is -0.497 e. The van der Waals surface area contributed by atoms with Crippen LogP contribution < -0.4 is 19.7 Å². The van der Waals surface area contributed by atoms with Crippen LogP contribution in [0.1, 0.15) is 24.4 Å². The molecule has 39 heavy (non-hydrogen) atoms. The number of hydrogen-bond donors (Lipinski definition) is 1. The number of amides is 2. The van der Waals surface area contributed by atoms with E-state index < -0.39 is 6.04 Å². The van der Waals surface area contributed by atoms with Gasteiger partial charge in [0.05, 0.1) is 31.5 Å². The van der Waals surface area contributed by atoms with Crippen LogP contribution in [-0.4, -0.2) is 60.3 Å². The molecule has 0 saturated carbocycles. The molecule has 2 heterocycles. The molecule has 1 N–H and O–H groups in total. The molecule has 1 aromatic heterocycles. The number of anilines is 1. The van der Waals surface area contributed by atoms with Crippen molar-refractivity contribution in [3.8, 4) is 11.5 Å². The van der Waals surface area contributed by atoms with Gasteiger partial charge in [-0.3, -0.25) is 14.5 Å². The molecule has 1 aliphatic heterocycles. The van der Waals surface area contributed by atoms with Crippen molar-refractivity contribution in [1.29, 1.82) is 0 Å². The Labute approximate surface area is 226 Å². The Morgan fingerprint density at radius 1 is 1.05 bits per heavy atom. The third kappa shape index (κ3) is 5.70. The zero-order valence-electron chi connectivity index (χ0n) is 21.9. The number of carbonyl (C=O) groups excluding carboxylic acids is 2. The van der Waals surface area contributed by atoms with E-state index in [0.29, 0.717) is 41.4 Å². The van der Waals surface area contributed by atoms with Gasteiger partial charge < -0.3 is 19.5 Å². The Balaban J connectivity index is 1.56. The summed E-state index contributed by atoms with van der Waals surface area (Å²) in [5, 5.41) is 11.4. The van der Waals surface area contributed by atoms with E-state index in [-0.39, 0.29) is 24.5 Å². The Morgan fingerprint density at radius 2 is 1.82 bits per heavy atom. The summed E-state index contributed by atoms with van der Waals surface area (Å²) in [5.41, 5.74) is 2.47. The maximum absolute atomic E-state index is 14.2. The monoisotopic (exact) mass is 529 g/mol. The maximum atomic E-state index is 14.2. The van der Waals surface area contributed by atoms with Gasteiger partial charge in [-0.15, -0.1) is 5.10 Å². The molecule has 10 nitrogen and oxygen atoms in total. The van der Waals surface area contributed by atoms with Gasteiger partial charge >= 0.3 is 0 Å². The maximum Gasteiger partial charge on any atom is 0.249 e. The van der Waals surface area contributed by atoms with E-state index in [9.17, 15) is 9.59 Å². The highest BCUT2D eigenvalue weighted by Gasteiger charge is 2.35. The van der Waals surface area contributed by atoms with Gasteiger partial charge in [0.2, 0.25) is 11.8 Å². The van der Waals surface area contributed by atoms with Crippen LogP contribution in [0.4, 0.5) is 5.69 Å². The predicted molar refractivity (Wildman–Crippen MR) is 146 cm³/mol. The number of nitrogens with zero attached hydrogens (tertiary/aromatic N) is 4. The molecule has 3 aromatic carbocycles. The molecule has 202 valence electrons. The fraction of sp³-hybridized carbons (Fsp3) is 0.310. The highest BCUT2D eigenvalue weighted by molar-refractivity contribution is 6.02. The first kappa shape index (κ1) is 26.2. The number of fused-ring (bicyclic) bond motifs is 1. The SMILES string of the molecule is COc1ccc([C@H](C(=O)NC[C@H]2CCCO2)N(C(=O)Cn2nnc3ccccc32)c2ccccc2OC)cc1. The second-order valence-electron chi connectivity index (χ2n) is 9.23. The van der Waals surface area contributed by atoms with E-state index in [2.05, 4.69) is 15.6 Å². The third-order valence-corrected chi connectivity index (χ3v) is 6.78. The van der Waals surface area contributed by atoms with Crippen LogP contribution in [0.5, 0.6) is 11.5 Å². The van der Waals surface area contributed by atoms with Crippen LogP contribution in [0.15, 0.2) is 72.8 Å². The first-order chi connectivity index (χ1) is 19.1. The lowest BCUT2D eigenvalue weighted by atomic mass is 10.0. The van der Waals surface area contributed by atoms with Crippen LogP contribution in [0.2, 0.25) is 0 Å². The Bertz CT molecular complexity index is 1430. The van der Waals surface area contributed by atoms with E-state index in [4.69, 9.17) is 14.2 Å². The summed E-state index contributed by atoms with van der Waals surface area (Å²) < 4.78 is 18.2. The smallest absolute Gasteiger partial charge is 0.249 e.